The first-order valence-corrected chi connectivity index (χ1v) is 11.2. The summed E-state index contributed by atoms with van der Waals surface area (Å²) in [5.74, 6) is 0.822. The average Bonchev–Trinajstić information content (AvgIpc) is 2.70. The van der Waals surface area contributed by atoms with Crippen molar-refractivity contribution < 1.29 is 9.53 Å². The van der Waals surface area contributed by atoms with E-state index in [9.17, 15) is 4.79 Å². The number of nitrogens with zero attached hydrogens (tertiary/aromatic N) is 2. The number of ether oxygens (including phenoxy) is 1. The highest BCUT2D eigenvalue weighted by Gasteiger charge is 2.35. The molecule has 1 aliphatic heterocycles. The number of carbonyl (C=O) groups is 1. The topological polar surface area (TPSA) is 53.9 Å². The van der Waals surface area contributed by atoms with Gasteiger partial charge in [-0.1, -0.05) is 35.8 Å². The standard InChI is InChI=1S/C24H30BrN3O2/c1-5-12-28-22-11-6-18(13-21(22)17(2)14-24(28,3)4)15-26-27-23(29)16-30-20-9-7-19(25)8-10-20/h6-11,13,15,17H,5,12,14,16H2,1-4H3,(H,27,29)/b26-15-. The normalized spacial score (nSPS) is 17.6. The van der Waals surface area contributed by atoms with Crippen molar-refractivity contribution in [2.24, 2.45) is 5.10 Å². The molecular formula is C24H30BrN3O2. The summed E-state index contributed by atoms with van der Waals surface area (Å²) in [5, 5.41) is 4.10. The van der Waals surface area contributed by atoms with Crippen LogP contribution in [0.2, 0.25) is 0 Å². The summed E-state index contributed by atoms with van der Waals surface area (Å²) < 4.78 is 6.42. The van der Waals surface area contributed by atoms with Gasteiger partial charge in [-0.25, -0.2) is 5.43 Å². The molecule has 1 N–H and O–H groups in total. The molecule has 30 heavy (non-hydrogen) atoms. The van der Waals surface area contributed by atoms with E-state index >= 15 is 0 Å². The van der Waals surface area contributed by atoms with Gasteiger partial charge in [-0.05, 0) is 80.1 Å². The third-order valence-electron chi connectivity index (χ3n) is 5.44. The molecule has 160 valence electrons. The summed E-state index contributed by atoms with van der Waals surface area (Å²) >= 11 is 3.37. The maximum Gasteiger partial charge on any atom is 0.277 e. The number of benzene rings is 2. The van der Waals surface area contributed by atoms with Crippen LogP contribution in [0.4, 0.5) is 5.69 Å². The second-order valence-corrected chi connectivity index (χ2v) is 9.34. The van der Waals surface area contributed by atoms with Gasteiger partial charge in [-0.15, -0.1) is 0 Å². The Morgan fingerprint density at radius 1 is 1.30 bits per heavy atom. The first kappa shape index (κ1) is 22.3. The Kier molecular flexibility index (Phi) is 7.19. The number of hydrogen-bond acceptors (Lipinski definition) is 4. The largest absolute Gasteiger partial charge is 0.484 e. The molecule has 1 unspecified atom stereocenters. The minimum atomic E-state index is -0.295. The number of amides is 1. The number of anilines is 1. The van der Waals surface area contributed by atoms with Gasteiger partial charge < -0.3 is 9.64 Å². The van der Waals surface area contributed by atoms with Gasteiger partial charge in [0.05, 0.1) is 6.21 Å². The molecule has 0 saturated heterocycles. The van der Waals surface area contributed by atoms with Gasteiger partial charge in [0, 0.05) is 22.2 Å². The summed E-state index contributed by atoms with van der Waals surface area (Å²) in [4.78, 5) is 14.5. The lowest BCUT2D eigenvalue weighted by molar-refractivity contribution is -0.123. The molecule has 3 rings (SSSR count). The van der Waals surface area contributed by atoms with Gasteiger partial charge in [0.2, 0.25) is 0 Å². The van der Waals surface area contributed by atoms with E-state index in [1.54, 1.807) is 18.3 Å². The number of fused-ring (bicyclic) bond motifs is 1. The van der Waals surface area contributed by atoms with Crippen LogP contribution in [0.1, 0.15) is 57.6 Å². The van der Waals surface area contributed by atoms with E-state index in [1.807, 2.05) is 12.1 Å². The first-order chi connectivity index (χ1) is 14.3. The fraction of sp³-hybridized carbons (Fsp3) is 0.417. The fourth-order valence-corrected chi connectivity index (χ4v) is 4.39. The molecule has 0 aromatic heterocycles. The van der Waals surface area contributed by atoms with Crippen molar-refractivity contribution in [2.45, 2.75) is 52.0 Å². The predicted molar refractivity (Wildman–Crippen MR) is 127 cm³/mol. The van der Waals surface area contributed by atoms with E-state index in [2.05, 4.69) is 77.3 Å². The molecule has 1 aliphatic rings. The molecule has 0 radical (unpaired) electrons. The molecule has 2 aromatic rings. The van der Waals surface area contributed by atoms with E-state index in [0.717, 1.165) is 29.4 Å². The number of hydrogen-bond donors (Lipinski definition) is 1. The van der Waals surface area contributed by atoms with Crippen LogP contribution in [0.5, 0.6) is 5.75 Å². The highest BCUT2D eigenvalue weighted by molar-refractivity contribution is 9.10. The van der Waals surface area contributed by atoms with E-state index < -0.39 is 0 Å². The number of hydrazone groups is 1. The molecule has 1 heterocycles. The summed E-state index contributed by atoms with van der Waals surface area (Å²) in [6.07, 6.45) is 3.92. The van der Waals surface area contributed by atoms with E-state index in [-0.39, 0.29) is 18.1 Å². The third kappa shape index (κ3) is 5.42. The molecule has 0 spiro atoms. The van der Waals surface area contributed by atoms with Crippen molar-refractivity contribution in [3.63, 3.8) is 0 Å². The zero-order valence-corrected chi connectivity index (χ0v) is 19.7. The maximum absolute atomic E-state index is 12.0. The molecule has 5 nitrogen and oxygen atoms in total. The number of nitrogens with one attached hydrogen (secondary N) is 1. The van der Waals surface area contributed by atoms with Crippen molar-refractivity contribution in [1.82, 2.24) is 5.43 Å². The van der Waals surface area contributed by atoms with Crippen LogP contribution in [0.25, 0.3) is 0 Å². The molecule has 2 aromatic carbocycles. The van der Waals surface area contributed by atoms with Crippen LogP contribution in [0.3, 0.4) is 0 Å². The molecule has 6 heteroatoms. The molecule has 0 bridgehead atoms. The Bertz CT molecular complexity index is 909. The van der Waals surface area contributed by atoms with Gasteiger partial charge in [0.15, 0.2) is 6.61 Å². The quantitative estimate of drug-likeness (QED) is 0.429. The van der Waals surface area contributed by atoms with Gasteiger partial charge in [0.1, 0.15) is 5.75 Å². The predicted octanol–water partition coefficient (Wildman–Crippen LogP) is 5.48. The number of halogens is 1. The van der Waals surface area contributed by atoms with Crippen molar-refractivity contribution in [3.8, 4) is 5.75 Å². The summed E-state index contributed by atoms with van der Waals surface area (Å²) in [6.45, 7) is 10.1. The van der Waals surface area contributed by atoms with Crippen molar-refractivity contribution >= 4 is 33.7 Å². The number of rotatable bonds is 7. The first-order valence-electron chi connectivity index (χ1n) is 10.4. The Morgan fingerprint density at radius 3 is 2.73 bits per heavy atom. The lowest BCUT2D eigenvalue weighted by Gasteiger charge is -2.47. The van der Waals surface area contributed by atoms with Gasteiger partial charge in [0.25, 0.3) is 5.91 Å². The smallest absolute Gasteiger partial charge is 0.277 e. The van der Waals surface area contributed by atoms with Crippen molar-refractivity contribution in [2.75, 3.05) is 18.1 Å². The van der Waals surface area contributed by atoms with Crippen LogP contribution in [-0.2, 0) is 4.79 Å². The lowest BCUT2D eigenvalue weighted by Crippen LogP contribution is -2.48. The summed E-state index contributed by atoms with van der Waals surface area (Å²) in [7, 11) is 0. The van der Waals surface area contributed by atoms with Gasteiger partial charge in [-0.3, -0.25) is 4.79 Å². The monoisotopic (exact) mass is 471 g/mol. The van der Waals surface area contributed by atoms with Crippen LogP contribution >= 0.6 is 15.9 Å². The highest BCUT2D eigenvalue weighted by atomic mass is 79.9. The number of carbonyl (C=O) groups excluding carboxylic acids is 1. The SMILES string of the molecule is CCCN1c2ccc(/C=N\NC(=O)COc3ccc(Br)cc3)cc2C(C)CC1(C)C. The fourth-order valence-electron chi connectivity index (χ4n) is 4.13. The Balaban J connectivity index is 1.62. The molecule has 0 aliphatic carbocycles. The average molecular weight is 472 g/mol. The van der Waals surface area contributed by atoms with Crippen molar-refractivity contribution in [3.05, 3.63) is 58.1 Å². The Hall–Kier alpha value is -2.34. The minimum Gasteiger partial charge on any atom is -0.484 e. The van der Waals surface area contributed by atoms with E-state index in [1.165, 1.54) is 11.3 Å². The second-order valence-electron chi connectivity index (χ2n) is 8.42. The zero-order chi connectivity index (χ0) is 21.7. The van der Waals surface area contributed by atoms with Crippen LogP contribution in [0, 0.1) is 0 Å². The Labute approximate surface area is 187 Å². The second kappa shape index (κ2) is 9.65. The minimum absolute atomic E-state index is 0.0821. The summed E-state index contributed by atoms with van der Waals surface area (Å²) in [5.41, 5.74) is 6.32. The van der Waals surface area contributed by atoms with Gasteiger partial charge >= 0.3 is 0 Å². The highest BCUT2D eigenvalue weighted by Crippen LogP contribution is 2.43. The summed E-state index contributed by atoms with van der Waals surface area (Å²) in [6, 6.07) is 13.8. The van der Waals surface area contributed by atoms with E-state index in [0.29, 0.717) is 11.7 Å². The molecule has 0 saturated carbocycles. The van der Waals surface area contributed by atoms with Crippen LogP contribution < -0.4 is 15.1 Å². The third-order valence-corrected chi connectivity index (χ3v) is 5.97. The Morgan fingerprint density at radius 2 is 2.03 bits per heavy atom. The van der Waals surface area contributed by atoms with Gasteiger partial charge in [-0.2, -0.15) is 5.10 Å². The van der Waals surface area contributed by atoms with Crippen molar-refractivity contribution in [1.29, 1.82) is 0 Å². The van der Waals surface area contributed by atoms with Crippen LogP contribution in [0.15, 0.2) is 52.0 Å². The zero-order valence-electron chi connectivity index (χ0n) is 18.1. The van der Waals surface area contributed by atoms with Crippen LogP contribution in [-0.4, -0.2) is 30.8 Å². The lowest BCUT2D eigenvalue weighted by atomic mass is 9.79. The molecular weight excluding hydrogens is 442 g/mol. The maximum atomic E-state index is 12.0. The molecule has 0 fully saturated rings. The van der Waals surface area contributed by atoms with E-state index in [4.69, 9.17) is 4.74 Å². The molecule has 1 amide bonds. The molecule has 1 atom stereocenters.